The Bertz CT molecular complexity index is 506. The molecule has 22 heavy (non-hydrogen) atoms. The third-order valence-corrected chi connectivity index (χ3v) is 4.06. The molecule has 0 bridgehead atoms. The molecule has 0 unspecified atom stereocenters. The van der Waals surface area contributed by atoms with Gasteiger partial charge < -0.3 is 15.4 Å². The van der Waals surface area contributed by atoms with Crippen LogP contribution >= 0.6 is 0 Å². The number of nitrogens with one attached hydrogen (secondary N) is 2. The normalized spacial score (nSPS) is 18.7. The lowest BCUT2D eigenvalue weighted by atomic mass is 9.94. The largest absolute Gasteiger partial charge is 0.375 e. The lowest BCUT2D eigenvalue weighted by molar-refractivity contribution is -0.119. The molecule has 4 nitrogen and oxygen atoms in total. The lowest BCUT2D eigenvalue weighted by Crippen LogP contribution is -2.40. The predicted molar refractivity (Wildman–Crippen MR) is 90.5 cm³/mol. The number of morpholine rings is 1. The Balaban J connectivity index is 2.05. The van der Waals surface area contributed by atoms with Gasteiger partial charge in [0.05, 0.1) is 19.1 Å². The number of carbonyl (C=O) groups is 1. The van der Waals surface area contributed by atoms with Crippen LogP contribution in [0, 0.1) is 0 Å². The zero-order chi connectivity index (χ0) is 16.1. The summed E-state index contributed by atoms with van der Waals surface area (Å²) in [6.45, 7) is 11.0. The molecule has 0 spiro atoms. The number of rotatable bonds is 5. The van der Waals surface area contributed by atoms with Crippen LogP contribution in [0.4, 0.5) is 5.69 Å². The van der Waals surface area contributed by atoms with Crippen molar-refractivity contribution in [2.45, 2.75) is 52.1 Å². The van der Waals surface area contributed by atoms with Gasteiger partial charge in [-0.05, 0) is 29.0 Å². The quantitative estimate of drug-likeness (QED) is 0.878. The van der Waals surface area contributed by atoms with Gasteiger partial charge in [-0.15, -0.1) is 0 Å². The van der Waals surface area contributed by atoms with Crippen molar-refractivity contribution in [3.8, 4) is 0 Å². The van der Waals surface area contributed by atoms with Gasteiger partial charge in [0.25, 0.3) is 0 Å². The first-order valence-electron chi connectivity index (χ1n) is 8.23. The molecule has 0 aromatic heterocycles. The van der Waals surface area contributed by atoms with Crippen molar-refractivity contribution in [2.24, 2.45) is 0 Å². The van der Waals surface area contributed by atoms with Gasteiger partial charge in [0.1, 0.15) is 0 Å². The molecule has 2 N–H and O–H groups in total. The van der Waals surface area contributed by atoms with Gasteiger partial charge in [0.15, 0.2) is 0 Å². The molecule has 0 saturated carbocycles. The van der Waals surface area contributed by atoms with Gasteiger partial charge in [-0.2, -0.15) is 0 Å². The van der Waals surface area contributed by atoms with Crippen molar-refractivity contribution < 1.29 is 9.53 Å². The van der Waals surface area contributed by atoms with E-state index in [1.54, 1.807) is 0 Å². The van der Waals surface area contributed by atoms with Crippen LogP contribution in [0.3, 0.4) is 0 Å². The predicted octanol–water partition coefficient (Wildman–Crippen LogP) is 3.25. The van der Waals surface area contributed by atoms with E-state index < -0.39 is 0 Å². The van der Waals surface area contributed by atoms with E-state index in [-0.39, 0.29) is 12.0 Å². The van der Waals surface area contributed by atoms with Crippen LogP contribution < -0.4 is 10.6 Å². The van der Waals surface area contributed by atoms with Gasteiger partial charge in [-0.25, -0.2) is 0 Å². The molecule has 4 heteroatoms. The summed E-state index contributed by atoms with van der Waals surface area (Å²) in [5.41, 5.74) is 3.43. The van der Waals surface area contributed by atoms with Crippen LogP contribution in [0.5, 0.6) is 0 Å². The molecule has 1 heterocycles. The molecule has 1 atom stereocenters. The van der Waals surface area contributed by atoms with Crippen molar-refractivity contribution in [2.75, 3.05) is 25.0 Å². The Morgan fingerprint density at radius 2 is 2.09 bits per heavy atom. The molecular formula is C18H28N2O2. The Morgan fingerprint density at radius 1 is 1.32 bits per heavy atom. The number of hydrogen-bond acceptors (Lipinski definition) is 3. The zero-order valence-corrected chi connectivity index (χ0v) is 14.1. The maximum atomic E-state index is 12.3. The van der Waals surface area contributed by atoms with Crippen molar-refractivity contribution in [1.29, 1.82) is 0 Å². The summed E-state index contributed by atoms with van der Waals surface area (Å²) in [7, 11) is 0. The molecule has 1 aromatic rings. The Labute approximate surface area is 133 Å². The molecule has 1 aliphatic heterocycles. The van der Waals surface area contributed by atoms with Crippen LogP contribution in [0.25, 0.3) is 0 Å². The molecule has 1 amide bonds. The first-order valence-corrected chi connectivity index (χ1v) is 8.23. The van der Waals surface area contributed by atoms with E-state index in [1.165, 1.54) is 11.1 Å². The van der Waals surface area contributed by atoms with Crippen LogP contribution in [0.2, 0.25) is 0 Å². The van der Waals surface area contributed by atoms with Gasteiger partial charge in [0.2, 0.25) is 5.91 Å². The van der Waals surface area contributed by atoms with Gasteiger partial charge in [-0.3, -0.25) is 4.79 Å². The first-order chi connectivity index (χ1) is 10.5. The highest BCUT2D eigenvalue weighted by Crippen LogP contribution is 2.28. The highest BCUT2D eigenvalue weighted by Gasteiger charge is 2.18. The maximum Gasteiger partial charge on any atom is 0.227 e. The van der Waals surface area contributed by atoms with Gasteiger partial charge in [-0.1, -0.05) is 39.8 Å². The number of anilines is 1. The standard InChI is InChI=1S/C18H28N2O2/c1-12(2)14-5-6-17(16(9-14)13(3)4)20-18(21)10-15-11-19-7-8-22-15/h5-6,9,12-13,15,19H,7-8,10-11H2,1-4H3,(H,20,21)/t15-/m0/s1. The van der Waals surface area contributed by atoms with Crippen molar-refractivity contribution in [3.63, 3.8) is 0 Å². The monoisotopic (exact) mass is 304 g/mol. The van der Waals surface area contributed by atoms with Crippen LogP contribution in [-0.4, -0.2) is 31.7 Å². The number of carbonyl (C=O) groups excluding carboxylic acids is 1. The first kappa shape index (κ1) is 17.0. The van der Waals surface area contributed by atoms with Crippen LogP contribution in [0.1, 0.15) is 57.1 Å². The smallest absolute Gasteiger partial charge is 0.227 e. The Kier molecular flexibility index (Phi) is 5.98. The maximum absolute atomic E-state index is 12.3. The van der Waals surface area contributed by atoms with Crippen LogP contribution in [0.15, 0.2) is 18.2 Å². The summed E-state index contributed by atoms with van der Waals surface area (Å²) in [5, 5.41) is 6.31. The molecule has 122 valence electrons. The Hall–Kier alpha value is -1.39. The van der Waals surface area contributed by atoms with E-state index in [4.69, 9.17) is 4.74 Å². The van der Waals surface area contributed by atoms with Crippen molar-refractivity contribution >= 4 is 11.6 Å². The molecule has 1 saturated heterocycles. The van der Waals surface area contributed by atoms with E-state index >= 15 is 0 Å². The highest BCUT2D eigenvalue weighted by atomic mass is 16.5. The summed E-state index contributed by atoms with van der Waals surface area (Å²) in [4.78, 5) is 12.3. The average molecular weight is 304 g/mol. The number of hydrogen-bond donors (Lipinski definition) is 2. The van der Waals surface area contributed by atoms with Gasteiger partial charge in [0, 0.05) is 18.8 Å². The second-order valence-electron chi connectivity index (χ2n) is 6.61. The molecule has 0 radical (unpaired) electrons. The van der Waals surface area contributed by atoms with E-state index in [9.17, 15) is 4.79 Å². The second kappa shape index (κ2) is 7.75. The third kappa shape index (κ3) is 4.55. The van der Waals surface area contributed by atoms with E-state index in [1.807, 2.05) is 6.07 Å². The summed E-state index contributed by atoms with van der Waals surface area (Å²) in [6, 6.07) is 6.34. The summed E-state index contributed by atoms with van der Waals surface area (Å²) in [6.07, 6.45) is 0.377. The minimum absolute atomic E-state index is 0.0212. The minimum Gasteiger partial charge on any atom is -0.375 e. The van der Waals surface area contributed by atoms with E-state index in [0.717, 1.165) is 18.8 Å². The molecule has 0 aliphatic carbocycles. The number of ether oxygens (including phenoxy) is 1. The van der Waals surface area contributed by atoms with E-state index in [0.29, 0.717) is 24.9 Å². The fourth-order valence-corrected chi connectivity index (χ4v) is 2.69. The lowest BCUT2D eigenvalue weighted by Gasteiger charge is -2.23. The minimum atomic E-state index is -0.0220. The molecule has 1 aliphatic rings. The summed E-state index contributed by atoms with van der Waals surface area (Å²) in [5.74, 6) is 0.887. The van der Waals surface area contributed by atoms with Gasteiger partial charge >= 0.3 is 0 Å². The fraction of sp³-hybridized carbons (Fsp3) is 0.611. The number of benzene rings is 1. The topological polar surface area (TPSA) is 50.4 Å². The molecule has 2 rings (SSSR count). The summed E-state index contributed by atoms with van der Waals surface area (Å²) < 4.78 is 5.59. The molecule has 1 aromatic carbocycles. The summed E-state index contributed by atoms with van der Waals surface area (Å²) >= 11 is 0. The average Bonchev–Trinajstić information content (AvgIpc) is 2.48. The van der Waals surface area contributed by atoms with E-state index in [2.05, 4.69) is 50.5 Å². The van der Waals surface area contributed by atoms with Crippen molar-refractivity contribution in [3.05, 3.63) is 29.3 Å². The second-order valence-corrected chi connectivity index (χ2v) is 6.61. The Morgan fingerprint density at radius 3 is 2.68 bits per heavy atom. The molecular weight excluding hydrogens is 276 g/mol. The number of amides is 1. The highest BCUT2D eigenvalue weighted by molar-refractivity contribution is 5.92. The van der Waals surface area contributed by atoms with Crippen LogP contribution in [-0.2, 0) is 9.53 Å². The fourth-order valence-electron chi connectivity index (χ4n) is 2.69. The molecule has 1 fully saturated rings. The zero-order valence-electron chi connectivity index (χ0n) is 14.1. The third-order valence-electron chi connectivity index (χ3n) is 4.06. The van der Waals surface area contributed by atoms with Crippen molar-refractivity contribution in [1.82, 2.24) is 5.32 Å². The SMILES string of the molecule is CC(C)c1ccc(NC(=O)C[C@H]2CNCCO2)c(C(C)C)c1.